The van der Waals surface area contributed by atoms with Gasteiger partial charge in [0.15, 0.2) is 5.82 Å². The standard InChI is InChI=1S/C14H16N4O2/c1-10-17-14(20-18-10)5-6-16-9-11-3-4-13(19-2)12(7-11)8-15/h3-4,7,16H,5-6,9H2,1-2H3. The van der Waals surface area contributed by atoms with Crippen LogP contribution in [0.4, 0.5) is 0 Å². The van der Waals surface area contributed by atoms with Crippen LogP contribution in [-0.4, -0.2) is 23.8 Å². The largest absolute Gasteiger partial charge is 0.495 e. The Bertz CT molecular complexity index is 616. The van der Waals surface area contributed by atoms with E-state index in [1.807, 2.05) is 12.1 Å². The van der Waals surface area contributed by atoms with E-state index in [0.717, 1.165) is 12.1 Å². The zero-order chi connectivity index (χ0) is 14.4. The number of methoxy groups -OCH3 is 1. The summed E-state index contributed by atoms with van der Waals surface area (Å²) in [4.78, 5) is 4.13. The summed E-state index contributed by atoms with van der Waals surface area (Å²) in [5, 5.41) is 16.0. The molecule has 1 aromatic carbocycles. The first kappa shape index (κ1) is 14.0. The topological polar surface area (TPSA) is 84.0 Å². The minimum absolute atomic E-state index is 0.541. The Morgan fingerprint density at radius 2 is 2.30 bits per heavy atom. The van der Waals surface area contributed by atoms with Crippen molar-refractivity contribution in [3.05, 3.63) is 41.0 Å². The van der Waals surface area contributed by atoms with Crippen molar-refractivity contribution in [3.8, 4) is 11.8 Å². The summed E-state index contributed by atoms with van der Waals surface area (Å²) in [6, 6.07) is 7.68. The third kappa shape index (κ3) is 3.56. The lowest BCUT2D eigenvalue weighted by atomic mass is 10.1. The summed E-state index contributed by atoms with van der Waals surface area (Å²) in [7, 11) is 1.56. The Hall–Kier alpha value is -2.39. The number of aromatic nitrogens is 2. The molecule has 2 aromatic rings. The second-order valence-electron chi connectivity index (χ2n) is 4.31. The molecule has 0 spiro atoms. The second-order valence-corrected chi connectivity index (χ2v) is 4.31. The molecule has 0 fully saturated rings. The van der Waals surface area contributed by atoms with Crippen molar-refractivity contribution in [2.24, 2.45) is 0 Å². The monoisotopic (exact) mass is 272 g/mol. The number of nitriles is 1. The molecule has 0 saturated carbocycles. The van der Waals surface area contributed by atoms with Gasteiger partial charge in [0.2, 0.25) is 5.89 Å². The fraction of sp³-hybridized carbons (Fsp3) is 0.357. The van der Waals surface area contributed by atoms with Crippen molar-refractivity contribution in [1.82, 2.24) is 15.5 Å². The SMILES string of the molecule is COc1ccc(CNCCc2nc(C)no2)cc1C#N. The zero-order valence-electron chi connectivity index (χ0n) is 11.5. The quantitative estimate of drug-likeness (QED) is 0.804. The van der Waals surface area contributed by atoms with Gasteiger partial charge in [-0.2, -0.15) is 10.2 Å². The maximum absolute atomic E-state index is 9.02. The molecule has 0 aliphatic heterocycles. The molecular formula is C14H16N4O2. The Labute approximate surface area is 117 Å². The molecule has 1 aromatic heterocycles. The van der Waals surface area contributed by atoms with E-state index < -0.39 is 0 Å². The van der Waals surface area contributed by atoms with Gasteiger partial charge in [-0.15, -0.1) is 0 Å². The highest BCUT2D eigenvalue weighted by atomic mass is 16.5. The fourth-order valence-electron chi connectivity index (χ4n) is 1.82. The molecule has 20 heavy (non-hydrogen) atoms. The highest BCUT2D eigenvalue weighted by Crippen LogP contribution is 2.18. The van der Waals surface area contributed by atoms with Crippen molar-refractivity contribution in [2.75, 3.05) is 13.7 Å². The molecule has 0 aliphatic rings. The Kier molecular flexibility index (Phi) is 4.69. The van der Waals surface area contributed by atoms with Gasteiger partial charge in [-0.25, -0.2) is 0 Å². The van der Waals surface area contributed by atoms with Crippen molar-refractivity contribution in [1.29, 1.82) is 5.26 Å². The number of hydrogen-bond donors (Lipinski definition) is 1. The first-order valence-electron chi connectivity index (χ1n) is 6.30. The minimum Gasteiger partial charge on any atom is -0.495 e. The first-order valence-corrected chi connectivity index (χ1v) is 6.30. The van der Waals surface area contributed by atoms with Crippen molar-refractivity contribution >= 4 is 0 Å². The summed E-state index contributed by atoms with van der Waals surface area (Å²) >= 11 is 0. The summed E-state index contributed by atoms with van der Waals surface area (Å²) in [6.07, 6.45) is 0.683. The van der Waals surface area contributed by atoms with Crippen LogP contribution in [0.25, 0.3) is 0 Å². The molecule has 6 nitrogen and oxygen atoms in total. The number of rotatable bonds is 6. The summed E-state index contributed by atoms with van der Waals surface area (Å²) in [5.41, 5.74) is 1.57. The van der Waals surface area contributed by atoms with Gasteiger partial charge in [-0.3, -0.25) is 0 Å². The van der Waals surface area contributed by atoms with Crippen LogP contribution in [0.15, 0.2) is 22.7 Å². The van der Waals surface area contributed by atoms with E-state index in [0.29, 0.717) is 36.0 Å². The fourth-order valence-corrected chi connectivity index (χ4v) is 1.82. The maximum Gasteiger partial charge on any atom is 0.227 e. The van der Waals surface area contributed by atoms with Crippen LogP contribution >= 0.6 is 0 Å². The number of benzene rings is 1. The van der Waals surface area contributed by atoms with Gasteiger partial charge in [0.1, 0.15) is 11.8 Å². The Balaban J connectivity index is 1.84. The Morgan fingerprint density at radius 1 is 1.45 bits per heavy atom. The van der Waals surface area contributed by atoms with Gasteiger partial charge < -0.3 is 14.6 Å². The van der Waals surface area contributed by atoms with Crippen LogP contribution < -0.4 is 10.1 Å². The second kappa shape index (κ2) is 6.68. The lowest BCUT2D eigenvalue weighted by molar-refractivity contribution is 0.372. The van der Waals surface area contributed by atoms with E-state index in [2.05, 4.69) is 21.5 Å². The van der Waals surface area contributed by atoms with E-state index in [-0.39, 0.29) is 0 Å². The van der Waals surface area contributed by atoms with Gasteiger partial charge in [0, 0.05) is 19.5 Å². The van der Waals surface area contributed by atoms with Crippen LogP contribution in [0.3, 0.4) is 0 Å². The maximum atomic E-state index is 9.02. The van der Waals surface area contributed by atoms with Crippen molar-refractivity contribution < 1.29 is 9.26 Å². The van der Waals surface area contributed by atoms with Gasteiger partial charge in [0.05, 0.1) is 12.7 Å². The molecule has 0 unspecified atom stereocenters. The predicted molar refractivity (Wildman–Crippen MR) is 72.2 cm³/mol. The van der Waals surface area contributed by atoms with Gasteiger partial charge in [-0.05, 0) is 24.6 Å². The predicted octanol–water partition coefficient (Wildman–Crippen LogP) is 1.59. The van der Waals surface area contributed by atoms with Crippen molar-refractivity contribution in [3.63, 3.8) is 0 Å². The summed E-state index contributed by atoms with van der Waals surface area (Å²) in [6.45, 7) is 3.20. The molecule has 0 saturated heterocycles. The van der Waals surface area contributed by atoms with E-state index in [1.165, 1.54) is 0 Å². The Morgan fingerprint density at radius 3 is 2.95 bits per heavy atom. The van der Waals surface area contributed by atoms with Crippen LogP contribution in [0.2, 0.25) is 0 Å². The summed E-state index contributed by atoms with van der Waals surface area (Å²) < 4.78 is 10.1. The smallest absolute Gasteiger partial charge is 0.227 e. The lowest BCUT2D eigenvalue weighted by Gasteiger charge is -2.06. The van der Waals surface area contributed by atoms with E-state index >= 15 is 0 Å². The number of nitrogens with one attached hydrogen (secondary N) is 1. The molecule has 0 atom stereocenters. The third-order valence-electron chi connectivity index (χ3n) is 2.80. The van der Waals surface area contributed by atoms with Gasteiger partial charge in [0.25, 0.3) is 0 Å². The zero-order valence-corrected chi connectivity index (χ0v) is 11.5. The molecule has 104 valence electrons. The molecule has 0 aliphatic carbocycles. The average molecular weight is 272 g/mol. The molecule has 1 heterocycles. The number of hydrogen-bond acceptors (Lipinski definition) is 6. The van der Waals surface area contributed by atoms with Crippen LogP contribution in [0.1, 0.15) is 22.8 Å². The molecular weight excluding hydrogens is 256 g/mol. The molecule has 1 N–H and O–H groups in total. The molecule has 2 rings (SSSR count). The molecule has 0 radical (unpaired) electrons. The average Bonchev–Trinajstić information content (AvgIpc) is 2.89. The molecule has 0 amide bonds. The minimum atomic E-state index is 0.541. The molecule has 0 bridgehead atoms. The van der Waals surface area contributed by atoms with Crippen LogP contribution in [-0.2, 0) is 13.0 Å². The lowest BCUT2D eigenvalue weighted by Crippen LogP contribution is -2.16. The van der Waals surface area contributed by atoms with Crippen molar-refractivity contribution in [2.45, 2.75) is 19.9 Å². The third-order valence-corrected chi connectivity index (χ3v) is 2.80. The number of ether oxygens (including phenoxy) is 1. The highest BCUT2D eigenvalue weighted by molar-refractivity contribution is 5.45. The van der Waals surface area contributed by atoms with E-state index in [9.17, 15) is 0 Å². The van der Waals surface area contributed by atoms with Crippen LogP contribution in [0, 0.1) is 18.3 Å². The highest BCUT2D eigenvalue weighted by Gasteiger charge is 2.04. The van der Waals surface area contributed by atoms with E-state index in [4.69, 9.17) is 14.5 Å². The van der Waals surface area contributed by atoms with Gasteiger partial charge in [-0.1, -0.05) is 11.2 Å². The first-order chi connectivity index (χ1) is 9.72. The number of aryl methyl sites for hydroxylation is 1. The number of nitrogens with zero attached hydrogens (tertiary/aromatic N) is 3. The summed E-state index contributed by atoms with van der Waals surface area (Å²) in [5.74, 6) is 1.87. The van der Waals surface area contributed by atoms with E-state index in [1.54, 1.807) is 20.1 Å². The van der Waals surface area contributed by atoms with Gasteiger partial charge >= 0.3 is 0 Å². The van der Waals surface area contributed by atoms with Crippen LogP contribution in [0.5, 0.6) is 5.75 Å². The normalized spacial score (nSPS) is 10.2. The molecule has 6 heteroatoms.